The van der Waals surface area contributed by atoms with Gasteiger partial charge in [-0.05, 0) is 77.6 Å². The summed E-state index contributed by atoms with van der Waals surface area (Å²) in [6, 6.07) is 30.9. The van der Waals surface area contributed by atoms with Gasteiger partial charge in [0.2, 0.25) is 0 Å². The quantitative estimate of drug-likeness (QED) is 0.268. The molecule has 0 saturated heterocycles. The highest BCUT2D eigenvalue weighted by Gasteiger charge is 2.21. The first-order valence-corrected chi connectivity index (χ1v) is 13.1. The second-order valence-electron chi connectivity index (χ2n) is 10.1. The number of benzene rings is 4. The van der Waals surface area contributed by atoms with E-state index in [1.807, 2.05) is 0 Å². The van der Waals surface area contributed by atoms with E-state index in [1.165, 1.54) is 64.8 Å². The zero-order chi connectivity index (χ0) is 23.2. The van der Waals surface area contributed by atoms with Crippen LogP contribution in [-0.4, -0.2) is 19.7 Å². The molecule has 4 aromatic carbocycles. The summed E-state index contributed by atoms with van der Waals surface area (Å²) in [4.78, 5) is 0. The molecule has 0 aromatic heterocycles. The van der Waals surface area contributed by atoms with E-state index < -0.39 is 0 Å². The van der Waals surface area contributed by atoms with E-state index in [2.05, 4.69) is 97.0 Å². The van der Waals surface area contributed by atoms with Crippen LogP contribution in [0.15, 0.2) is 84.9 Å². The Morgan fingerprint density at radius 2 is 1.26 bits per heavy atom. The van der Waals surface area contributed by atoms with Crippen LogP contribution in [0.2, 0.25) is 6.82 Å². The van der Waals surface area contributed by atoms with Crippen LogP contribution in [0.25, 0.3) is 21.5 Å². The standard InChI is InChI=1S/C31H36BNO/c1-32(33-23-24-9-3-2-4-10-24)34-31(21-25-15-17-27-11-5-7-13-29(27)19-25)22-26-16-18-28-12-6-8-14-30(28)20-26/h5-8,11-20,24,31,33H,2-4,9-10,21-23H2,1H3. The normalized spacial score (nSPS) is 14.8. The third-order valence-corrected chi connectivity index (χ3v) is 7.37. The third-order valence-electron chi connectivity index (χ3n) is 7.37. The van der Waals surface area contributed by atoms with Crippen LogP contribution >= 0.6 is 0 Å². The van der Waals surface area contributed by atoms with Crippen molar-refractivity contribution in [1.82, 2.24) is 5.23 Å². The summed E-state index contributed by atoms with van der Waals surface area (Å²) in [6.45, 7) is 3.25. The zero-order valence-corrected chi connectivity index (χ0v) is 20.4. The number of fused-ring (bicyclic) bond motifs is 2. The molecule has 0 amide bonds. The summed E-state index contributed by atoms with van der Waals surface area (Å²) in [5, 5.41) is 8.87. The van der Waals surface area contributed by atoms with Gasteiger partial charge in [-0.2, -0.15) is 0 Å². The zero-order valence-electron chi connectivity index (χ0n) is 20.4. The first kappa shape index (κ1) is 23.1. The van der Waals surface area contributed by atoms with Crippen molar-refractivity contribution in [2.45, 2.75) is 57.9 Å². The Kier molecular flexibility index (Phi) is 7.63. The van der Waals surface area contributed by atoms with E-state index in [-0.39, 0.29) is 13.2 Å². The number of rotatable bonds is 9. The van der Waals surface area contributed by atoms with Crippen LogP contribution in [0.5, 0.6) is 0 Å². The van der Waals surface area contributed by atoms with Crippen molar-refractivity contribution in [2.24, 2.45) is 5.92 Å². The van der Waals surface area contributed by atoms with Gasteiger partial charge in [0.1, 0.15) is 0 Å². The summed E-state index contributed by atoms with van der Waals surface area (Å²) in [5.41, 5.74) is 2.67. The molecule has 0 heterocycles. The van der Waals surface area contributed by atoms with Crippen LogP contribution in [0.3, 0.4) is 0 Å². The van der Waals surface area contributed by atoms with E-state index in [0.29, 0.717) is 0 Å². The average molecular weight is 449 g/mol. The van der Waals surface area contributed by atoms with E-state index in [1.54, 1.807) is 0 Å². The van der Waals surface area contributed by atoms with Crippen molar-refractivity contribution in [1.29, 1.82) is 0 Å². The van der Waals surface area contributed by atoms with Crippen LogP contribution < -0.4 is 5.23 Å². The SMILES string of the molecule is CB(NCC1CCCCC1)OC(Cc1ccc2ccccc2c1)Cc1ccc2ccccc2c1. The Morgan fingerprint density at radius 3 is 1.82 bits per heavy atom. The molecular formula is C31H36BNO. The van der Waals surface area contributed by atoms with Gasteiger partial charge in [0.05, 0.1) is 0 Å². The fourth-order valence-electron chi connectivity index (χ4n) is 5.49. The Morgan fingerprint density at radius 1 is 0.735 bits per heavy atom. The lowest BCUT2D eigenvalue weighted by molar-refractivity contribution is 0.196. The second-order valence-corrected chi connectivity index (χ2v) is 10.1. The molecule has 0 radical (unpaired) electrons. The minimum Gasteiger partial charge on any atom is -0.418 e. The van der Waals surface area contributed by atoms with Gasteiger partial charge < -0.3 is 9.88 Å². The Labute approximate surface area is 204 Å². The van der Waals surface area contributed by atoms with Crippen molar-refractivity contribution in [3.05, 3.63) is 96.1 Å². The maximum absolute atomic E-state index is 6.66. The molecule has 0 spiro atoms. The lowest BCUT2D eigenvalue weighted by Crippen LogP contribution is -2.41. The van der Waals surface area contributed by atoms with E-state index >= 15 is 0 Å². The molecular weight excluding hydrogens is 413 g/mol. The topological polar surface area (TPSA) is 21.3 Å². The molecule has 1 fully saturated rings. The minimum atomic E-state index is 0.0489. The van der Waals surface area contributed by atoms with Crippen molar-refractivity contribution in [3.8, 4) is 0 Å². The van der Waals surface area contributed by atoms with Crippen molar-refractivity contribution >= 4 is 28.6 Å². The molecule has 1 aliphatic carbocycles. The summed E-state index contributed by atoms with van der Waals surface area (Å²) in [7, 11) is 0.0489. The molecule has 4 aromatic rings. The smallest absolute Gasteiger partial charge is 0.376 e. The van der Waals surface area contributed by atoms with Gasteiger partial charge >= 0.3 is 7.05 Å². The highest BCUT2D eigenvalue weighted by Crippen LogP contribution is 2.24. The van der Waals surface area contributed by atoms with E-state index in [4.69, 9.17) is 4.65 Å². The molecule has 34 heavy (non-hydrogen) atoms. The van der Waals surface area contributed by atoms with Crippen molar-refractivity contribution in [2.75, 3.05) is 6.54 Å². The van der Waals surface area contributed by atoms with Crippen LogP contribution in [0, 0.1) is 5.92 Å². The molecule has 2 nitrogen and oxygen atoms in total. The van der Waals surface area contributed by atoms with Gasteiger partial charge in [-0.15, -0.1) is 0 Å². The molecule has 1 saturated carbocycles. The van der Waals surface area contributed by atoms with Gasteiger partial charge in [0.15, 0.2) is 0 Å². The third kappa shape index (κ3) is 6.08. The lowest BCUT2D eigenvalue weighted by Gasteiger charge is -2.26. The van der Waals surface area contributed by atoms with Crippen LogP contribution in [-0.2, 0) is 17.5 Å². The van der Waals surface area contributed by atoms with Gasteiger partial charge in [-0.1, -0.05) is 104 Å². The van der Waals surface area contributed by atoms with E-state index in [0.717, 1.165) is 25.3 Å². The first-order chi connectivity index (χ1) is 16.7. The molecule has 1 aliphatic rings. The van der Waals surface area contributed by atoms with Crippen molar-refractivity contribution in [3.63, 3.8) is 0 Å². The Bertz CT molecular complexity index is 1130. The minimum absolute atomic E-state index is 0.0489. The van der Waals surface area contributed by atoms with Gasteiger partial charge in [0.25, 0.3) is 0 Å². The molecule has 174 valence electrons. The molecule has 0 aliphatic heterocycles. The summed E-state index contributed by atoms with van der Waals surface area (Å²) in [6.07, 6.45) is 8.83. The molecule has 3 heteroatoms. The first-order valence-electron chi connectivity index (χ1n) is 13.1. The Balaban J connectivity index is 1.31. The molecule has 0 bridgehead atoms. The predicted octanol–water partition coefficient (Wildman–Crippen LogP) is 7.45. The highest BCUT2D eigenvalue weighted by atomic mass is 16.5. The molecule has 0 atom stereocenters. The maximum Gasteiger partial charge on any atom is 0.376 e. The second kappa shape index (κ2) is 11.2. The monoisotopic (exact) mass is 449 g/mol. The van der Waals surface area contributed by atoms with Gasteiger partial charge in [0, 0.05) is 6.10 Å². The Hall–Kier alpha value is -2.62. The summed E-state index contributed by atoms with van der Waals surface area (Å²) in [5.74, 6) is 0.805. The average Bonchev–Trinajstić information content (AvgIpc) is 2.88. The van der Waals surface area contributed by atoms with Crippen LogP contribution in [0.4, 0.5) is 0 Å². The number of hydrogen-bond donors (Lipinski definition) is 1. The summed E-state index contributed by atoms with van der Waals surface area (Å²) >= 11 is 0. The predicted molar refractivity (Wildman–Crippen MR) is 146 cm³/mol. The van der Waals surface area contributed by atoms with Gasteiger partial charge in [-0.25, -0.2) is 0 Å². The fraction of sp³-hybridized carbons (Fsp3) is 0.355. The molecule has 1 N–H and O–H groups in total. The summed E-state index contributed by atoms with van der Waals surface area (Å²) < 4.78 is 6.66. The highest BCUT2D eigenvalue weighted by molar-refractivity contribution is 6.47. The van der Waals surface area contributed by atoms with Gasteiger partial charge in [-0.3, -0.25) is 0 Å². The lowest BCUT2D eigenvalue weighted by atomic mass is 9.82. The largest absolute Gasteiger partial charge is 0.418 e. The van der Waals surface area contributed by atoms with Crippen molar-refractivity contribution < 1.29 is 4.65 Å². The van der Waals surface area contributed by atoms with E-state index in [9.17, 15) is 0 Å². The fourth-order valence-corrected chi connectivity index (χ4v) is 5.49. The molecule has 0 unspecified atom stereocenters. The number of nitrogens with one attached hydrogen (secondary N) is 1. The number of hydrogen-bond acceptors (Lipinski definition) is 2. The maximum atomic E-state index is 6.66. The van der Waals surface area contributed by atoms with Crippen LogP contribution in [0.1, 0.15) is 43.2 Å². The molecule has 5 rings (SSSR count).